The zero-order valence-corrected chi connectivity index (χ0v) is 38.8. The van der Waals surface area contributed by atoms with Crippen molar-refractivity contribution in [3.8, 4) is 45.3 Å². The minimum absolute atomic E-state index is 0.0298. The number of primary amides is 2. The molecule has 0 radical (unpaired) electrons. The maximum atomic E-state index is 14.3. The number of ether oxygens (including phenoxy) is 3. The van der Waals surface area contributed by atoms with Gasteiger partial charge in [-0.2, -0.15) is 0 Å². The Hall–Kier alpha value is -5.54. The third-order valence-electron chi connectivity index (χ3n) is 8.79. The molecule has 0 atom stereocenters. The molecule has 5 N–H and O–H groups in total. The normalized spacial score (nSPS) is 10.7. The van der Waals surface area contributed by atoms with Gasteiger partial charge in [0.05, 0.1) is 27.5 Å². The molecule has 8 rings (SSSR count). The van der Waals surface area contributed by atoms with Crippen molar-refractivity contribution in [1.29, 1.82) is 0 Å². The van der Waals surface area contributed by atoms with Crippen LogP contribution in [0.4, 0.5) is 17.6 Å². The zero-order chi connectivity index (χ0) is 45.4. The molecule has 0 aliphatic heterocycles. The number of aromatic hydroxyl groups is 1. The van der Waals surface area contributed by atoms with Gasteiger partial charge in [-0.15, -0.1) is 69.9 Å². The summed E-state index contributed by atoms with van der Waals surface area (Å²) in [6.45, 7) is -0.0768. The SMILES string of the molecule is BrB(Br)Br.COc1ccc(-c2ccc3sc(COc4ccc(F)c(C(N)=O)c4F)nc3c2)cc1.NC(=O)c1c(F)ccc(OCc2nc3cc(-c4ccc(O)cc4)ccc3s2)c1F. The Morgan fingerprint density at radius 3 is 1.38 bits per heavy atom. The van der Waals surface area contributed by atoms with Crippen molar-refractivity contribution in [3.05, 3.63) is 154 Å². The smallest absolute Gasteiger partial charge is 0.369 e. The highest BCUT2D eigenvalue weighted by atomic mass is 79.9. The predicted molar refractivity (Wildman–Crippen MR) is 249 cm³/mol. The van der Waals surface area contributed by atoms with Crippen LogP contribution in [0.2, 0.25) is 0 Å². The first kappa shape index (κ1) is 47.0. The minimum Gasteiger partial charge on any atom is -0.508 e. The number of amides is 2. The van der Waals surface area contributed by atoms with Gasteiger partial charge in [0.15, 0.2) is 23.1 Å². The summed E-state index contributed by atoms with van der Waals surface area (Å²) >= 11 is 12.1. The molecule has 10 nitrogen and oxygen atoms in total. The number of halogens is 7. The van der Waals surface area contributed by atoms with Crippen LogP contribution < -0.4 is 25.7 Å². The lowest BCUT2D eigenvalue weighted by Gasteiger charge is -2.08. The summed E-state index contributed by atoms with van der Waals surface area (Å²) in [5.74, 6) is -6.28. The topological polar surface area (TPSA) is 160 Å². The molecule has 0 bridgehead atoms. The third kappa shape index (κ3) is 11.9. The number of phenols is 1. The molecule has 2 heterocycles. The van der Waals surface area contributed by atoms with Crippen LogP contribution in [0.3, 0.4) is 0 Å². The monoisotopic (exact) mass is 1090 g/mol. The molecule has 0 saturated carbocycles. The van der Waals surface area contributed by atoms with Gasteiger partial charge in [0.2, 0.25) is 0 Å². The van der Waals surface area contributed by atoms with E-state index in [9.17, 15) is 32.3 Å². The van der Waals surface area contributed by atoms with E-state index in [1.807, 2.05) is 60.7 Å². The van der Waals surface area contributed by atoms with Crippen molar-refractivity contribution < 1.29 is 46.5 Å². The van der Waals surface area contributed by atoms with Gasteiger partial charge in [0.25, 0.3) is 11.8 Å². The molecule has 2 aromatic heterocycles. The quantitative estimate of drug-likeness (QED) is 0.0852. The van der Waals surface area contributed by atoms with Crippen LogP contribution in [0.1, 0.15) is 30.7 Å². The van der Waals surface area contributed by atoms with Gasteiger partial charge in [-0.05, 0) is 95.1 Å². The molecule has 0 spiro atoms. The number of thiazole rings is 2. The highest BCUT2D eigenvalue weighted by Crippen LogP contribution is 2.32. The first-order valence-corrected chi connectivity index (χ1v) is 22.5. The summed E-state index contributed by atoms with van der Waals surface area (Å²) in [4.78, 5) is 31.5. The van der Waals surface area contributed by atoms with Crippen LogP contribution >= 0.6 is 69.9 Å². The van der Waals surface area contributed by atoms with Gasteiger partial charge in [0, 0.05) is 0 Å². The summed E-state index contributed by atoms with van der Waals surface area (Å²) < 4.78 is 73.8. The number of rotatable bonds is 11. The Bertz CT molecular complexity index is 2920. The molecule has 0 unspecified atom stereocenters. The van der Waals surface area contributed by atoms with Crippen LogP contribution in [0, 0.1) is 23.3 Å². The first-order chi connectivity index (χ1) is 30.1. The Kier molecular flexibility index (Phi) is 15.8. The zero-order valence-electron chi connectivity index (χ0n) is 32.4. The van der Waals surface area contributed by atoms with Crippen molar-refractivity contribution in [3.63, 3.8) is 0 Å². The van der Waals surface area contributed by atoms with Crippen LogP contribution in [0.25, 0.3) is 42.7 Å². The number of nitrogens with zero attached hydrogens (tertiary/aromatic N) is 2. The number of carbonyl (C=O) groups is 2. The largest absolute Gasteiger partial charge is 0.508 e. The standard InChI is InChI=1S/C22H16F2N2O3S.C21H14F2N2O3S.BBr3/c1-28-14-5-2-12(3-6-14)13-4-9-18-16(10-13)26-19(30-18)11-29-17-8-7-15(23)20(21(17)24)22(25)27;22-14-6-7-16(20(23)19(14)21(24)27)28-10-18-25-15-9-12(3-8-17(15)29-18)11-1-4-13(26)5-2-11;2-1(3)4/h2-10H,11H2,1H3,(H2,25,27);1-9,26H,10H2,(H2,24,27);. The lowest BCUT2D eigenvalue weighted by Crippen LogP contribution is -2.16. The number of fused-ring (bicyclic) bond motifs is 2. The molecule has 8 aromatic rings. The van der Waals surface area contributed by atoms with Crippen LogP contribution in [-0.4, -0.2) is 37.2 Å². The fourth-order valence-corrected chi connectivity index (χ4v) is 7.61. The average Bonchev–Trinajstić information content (AvgIpc) is 3.86. The van der Waals surface area contributed by atoms with E-state index in [4.69, 9.17) is 25.7 Å². The molecule has 2 amide bonds. The number of hydrogen-bond acceptors (Lipinski definition) is 10. The van der Waals surface area contributed by atoms with E-state index in [1.165, 1.54) is 22.7 Å². The van der Waals surface area contributed by atoms with E-state index in [0.29, 0.717) is 10.0 Å². The second-order valence-corrected chi connectivity index (χ2v) is 21.5. The molecule has 0 saturated heterocycles. The highest BCUT2D eigenvalue weighted by Gasteiger charge is 2.21. The summed E-state index contributed by atoms with van der Waals surface area (Å²) in [5, 5.41) is 10.6. The fraction of sp³-hybridized carbons (Fsp3) is 0.0698. The van der Waals surface area contributed by atoms with Crippen molar-refractivity contribution in [2.75, 3.05) is 7.11 Å². The summed E-state index contributed by atoms with van der Waals surface area (Å²) in [5.41, 5.74) is 13.8. The summed E-state index contributed by atoms with van der Waals surface area (Å²) in [7, 11) is 1.62. The summed E-state index contributed by atoms with van der Waals surface area (Å²) in [6.07, 6.45) is 0. The van der Waals surface area contributed by atoms with E-state index in [1.54, 1.807) is 31.4 Å². The summed E-state index contributed by atoms with van der Waals surface area (Å²) in [6, 6.07) is 30.3. The molecular weight excluding hydrogens is 1060 g/mol. The van der Waals surface area contributed by atoms with E-state index < -0.39 is 46.2 Å². The Labute approximate surface area is 389 Å². The Morgan fingerprint density at radius 1 is 0.619 bits per heavy atom. The molecule has 20 heteroatoms. The van der Waals surface area contributed by atoms with Crippen molar-refractivity contribution in [2.45, 2.75) is 13.2 Å². The van der Waals surface area contributed by atoms with Crippen molar-refractivity contribution in [1.82, 2.24) is 9.97 Å². The number of nitrogens with two attached hydrogens (primary N) is 2. The second-order valence-electron chi connectivity index (χ2n) is 12.9. The highest BCUT2D eigenvalue weighted by molar-refractivity contribution is 9.69. The van der Waals surface area contributed by atoms with Crippen molar-refractivity contribution >= 4 is 105 Å². The maximum Gasteiger partial charge on any atom is 0.369 e. The van der Waals surface area contributed by atoms with Gasteiger partial charge in [0.1, 0.15) is 57.5 Å². The molecule has 0 aliphatic rings. The number of benzene rings is 6. The number of methoxy groups -OCH3 is 1. The van der Waals surface area contributed by atoms with E-state index in [2.05, 4.69) is 57.2 Å². The van der Waals surface area contributed by atoms with E-state index >= 15 is 0 Å². The lowest BCUT2D eigenvalue weighted by molar-refractivity contribution is 0.0982. The fourth-order valence-electron chi connectivity index (χ4n) is 5.89. The number of aromatic nitrogens is 2. The number of phenolic OH excluding ortho intramolecular Hbond substituents is 1. The van der Waals surface area contributed by atoms with E-state index in [0.717, 1.165) is 72.7 Å². The molecule has 63 heavy (non-hydrogen) atoms. The molecule has 6 aromatic carbocycles. The van der Waals surface area contributed by atoms with Gasteiger partial charge < -0.3 is 30.8 Å². The molecule has 0 aliphatic carbocycles. The number of hydrogen-bond donors (Lipinski definition) is 3. The van der Waals surface area contributed by atoms with Crippen LogP contribution in [-0.2, 0) is 13.2 Å². The minimum atomic E-state index is -1.20. The van der Waals surface area contributed by atoms with Crippen LogP contribution in [0.15, 0.2) is 109 Å². The average molecular weight is 1090 g/mol. The van der Waals surface area contributed by atoms with Crippen molar-refractivity contribution in [2.24, 2.45) is 11.5 Å². The third-order valence-corrected chi connectivity index (χ3v) is 10.8. The molecule has 322 valence electrons. The van der Waals surface area contributed by atoms with Crippen LogP contribution in [0.5, 0.6) is 23.0 Å². The first-order valence-electron chi connectivity index (χ1n) is 18.1. The van der Waals surface area contributed by atoms with E-state index in [-0.39, 0.29) is 33.6 Å². The Balaban J connectivity index is 0.000000194. The van der Waals surface area contributed by atoms with Gasteiger partial charge >= 0.3 is 3.18 Å². The number of carbonyl (C=O) groups excluding carboxylic acids is 2. The van der Waals surface area contributed by atoms with Gasteiger partial charge in [-0.1, -0.05) is 36.4 Å². The maximum absolute atomic E-state index is 14.3. The van der Waals surface area contributed by atoms with Gasteiger partial charge in [-0.25, -0.2) is 27.5 Å². The molecular formula is C43H30BBr3F4N4O6S2. The lowest BCUT2D eigenvalue weighted by atomic mass is 10.1. The second kappa shape index (κ2) is 21.2. The Morgan fingerprint density at radius 2 is 1.00 bits per heavy atom. The predicted octanol–water partition coefficient (Wildman–Crippen LogP) is 11.7. The van der Waals surface area contributed by atoms with Gasteiger partial charge in [-0.3, -0.25) is 9.59 Å². The molecule has 0 fully saturated rings.